The fourth-order valence-electron chi connectivity index (χ4n) is 2.45. The topological polar surface area (TPSA) is 56.8 Å². The van der Waals surface area contributed by atoms with E-state index in [4.69, 9.17) is 25.8 Å². The first-order chi connectivity index (χ1) is 11.4. The average molecular weight is 348 g/mol. The first kappa shape index (κ1) is 16.5. The van der Waals surface area contributed by atoms with Gasteiger partial charge in [0.05, 0.1) is 0 Å². The van der Waals surface area contributed by atoms with Crippen LogP contribution in [0.3, 0.4) is 0 Å². The molecule has 0 radical (unpaired) electrons. The molecule has 0 spiro atoms. The van der Waals surface area contributed by atoms with Crippen LogP contribution in [0.4, 0.5) is 5.69 Å². The summed E-state index contributed by atoms with van der Waals surface area (Å²) in [6.07, 6.45) is -0.657. The van der Waals surface area contributed by atoms with Gasteiger partial charge in [0.2, 0.25) is 6.79 Å². The molecule has 0 bridgehead atoms. The molecule has 126 valence electrons. The van der Waals surface area contributed by atoms with Crippen molar-refractivity contribution in [2.45, 2.75) is 26.9 Å². The number of amides is 1. The molecule has 2 aromatic carbocycles. The molecule has 1 N–H and O–H groups in total. The van der Waals surface area contributed by atoms with E-state index in [9.17, 15) is 4.79 Å². The molecule has 1 atom stereocenters. The smallest absolute Gasteiger partial charge is 0.265 e. The standard InChI is InChI=1S/C18H18ClNO4/c1-10-6-14(7-11(2)17(10)19)24-12(3)18(21)20-13-4-5-15-16(8-13)23-9-22-15/h4-8,12H,9H2,1-3H3,(H,20,21)/t12-/m0/s1. The molecule has 0 unspecified atom stereocenters. The zero-order valence-corrected chi connectivity index (χ0v) is 14.4. The predicted molar refractivity (Wildman–Crippen MR) is 92.2 cm³/mol. The Morgan fingerprint density at radius 3 is 2.54 bits per heavy atom. The Morgan fingerprint density at radius 2 is 1.83 bits per heavy atom. The molecule has 5 nitrogen and oxygen atoms in total. The minimum absolute atomic E-state index is 0.196. The lowest BCUT2D eigenvalue weighted by Gasteiger charge is -2.16. The Labute approximate surface area is 145 Å². The summed E-state index contributed by atoms with van der Waals surface area (Å²) in [6, 6.07) is 8.88. The number of rotatable bonds is 4. The average Bonchev–Trinajstić information content (AvgIpc) is 3.00. The molecule has 1 aliphatic heterocycles. The lowest BCUT2D eigenvalue weighted by molar-refractivity contribution is -0.122. The monoisotopic (exact) mass is 347 g/mol. The number of carbonyl (C=O) groups is 1. The number of ether oxygens (including phenoxy) is 3. The third kappa shape index (κ3) is 3.41. The molecule has 3 rings (SSSR count). The van der Waals surface area contributed by atoms with Crippen molar-refractivity contribution in [2.24, 2.45) is 0 Å². The van der Waals surface area contributed by atoms with E-state index in [1.54, 1.807) is 25.1 Å². The van der Waals surface area contributed by atoms with Gasteiger partial charge >= 0.3 is 0 Å². The molecule has 1 aliphatic rings. The highest BCUT2D eigenvalue weighted by Gasteiger charge is 2.18. The maximum atomic E-state index is 12.3. The SMILES string of the molecule is Cc1cc(O[C@@H](C)C(=O)Nc2ccc3c(c2)OCO3)cc(C)c1Cl. The summed E-state index contributed by atoms with van der Waals surface area (Å²) in [5.41, 5.74) is 2.45. The summed E-state index contributed by atoms with van der Waals surface area (Å²) in [4.78, 5) is 12.3. The highest BCUT2D eigenvalue weighted by atomic mass is 35.5. The summed E-state index contributed by atoms with van der Waals surface area (Å²) in [7, 11) is 0. The van der Waals surface area contributed by atoms with E-state index in [1.807, 2.05) is 26.0 Å². The normalized spacial score (nSPS) is 13.5. The Hall–Kier alpha value is -2.40. The molecule has 0 aliphatic carbocycles. The molecular weight excluding hydrogens is 330 g/mol. The zero-order chi connectivity index (χ0) is 17.3. The minimum atomic E-state index is -0.657. The summed E-state index contributed by atoms with van der Waals surface area (Å²) in [5.74, 6) is 1.65. The second-order valence-corrected chi connectivity index (χ2v) is 6.07. The maximum Gasteiger partial charge on any atom is 0.265 e. The first-order valence-electron chi connectivity index (χ1n) is 7.58. The van der Waals surface area contributed by atoms with E-state index in [0.717, 1.165) is 11.1 Å². The first-order valence-corrected chi connectivity index (χ1v) is 7.96. The molecule has 0 fully saturated rings. The van der Waals surface area contributed by atoms with Gasteiger partial charge in [-0.3, -0.25) is 4.79 Å². The lowest BCUT2D eigenvalue weighted by atomic mass is 10.1. The molecule has 1 heterocycles. The van der Waals surface area contributed by atoms with Crippen LogP contribution in [0, 0.1) is 13.8 Å². The Balaban J connectivity index is 1.67. The number of anilines is 1. The van der Waals surface area contributed by atoms with Gasteiger partial charge in [0.1, 0.15) is 5.75 Å². The van der Waals surface area contributed by atoms with Crippen LogP contribution in [0.1, 0.15) is 18.1 Å². The van der Waals surface area contributed by atoms with Crippen molar-refractivity contribution >= 4 is 23.2 Å². The van der Waals surface area contributed by atoms with Gasteiger partial charge < -0.3 is 19.5 Å². The molecule has 2 aromatic rings. The van der Waals surface area contributed by atoms with E-state index in [0.29, 0.717) is 28.0 Å². The number of halogens is 1. The lowest BCUT2D eigenvalue weighted by Crippen LogP contribution is -2.30. The van der Waals surface area contributed by atoms with Gasteiger partial charge in [-0.2, -0.15) is 0 Å². The van der Waals surface area contributed by atoms with Gasteiger partial charge in [-0.1, -0.05) is 11.6 Å². The highest BCUT2D eigenvalue weighted by molar-refractivity contribution is 6.32. The van der Waals surface area contributed by atoms with E-state index in [1.165, 1.54) is 0 Å². The van der Waals surface area contributed by atoms with E-state index >= 15 is 0 Å². The van der Waals surface area contributed by atoms with Crippen LogP contribution in [0.2, 0.25) is 5.02 Å². The van der Waals surface area contributed by atoms with Crippen molar-refractivity contribution < 1.29 is 19.0 Å². The number of carbonyl (C=O) groups excluding carboxylic acids is 1. The summed E-state index contributed by atoms with van der Waals surface area (Å²) < 4.78 is 16.3. The van der Waals surface area contributed by atoms with Crippen molar-refractivity contribution in [3.63, 3.8) is 0 Å². The second kappa shape index (κ2) is 6.61. The molecule has 0 aromatic heterocycles. The largest absolute Gasteiger partial charge is 0.481 e. The second-order valence-electron chi connectivity index (χ2n) is 5.69. The van der Waals surface area contributed by atoms with E-state index in [-0.39, 0.29) is 12.7 Å². The fourth-order valence-corrected chi connectivity index (χ4v) is 2.56. The number of hydrogen-bond donors (Lipinski definition) is 1. The summed E-state index contributed by atoms with van der Waals surface area (Å²) >= 11 is 6.15. The Bertz CT molecular complexity index is 768. The van der Waals surface area contributed by atoms with Gasteiger partial charge in [-0.25, -0.2) is 0 Å². The quantitative estimate of drug-likeness (QED) is 0.905. The van der Waals surface area contributed by atoms with Crippen LogP contribution >= 0.6 is 11.6 Å². The van der Waals surface area contributed by atoms with Gasteiger partial charge in [0, 0.05) is 16.8 Å². The minimum Gasteiger partial charge on any atom is -0.481 e. The van der Waals surface area contributed by atoms with E-state index < -0.39 is 6.10 Å². The fraction of sp³-hybridized carbons (Fsp3) is 0.278. The zero-order valence-electron chi connectivity index (χ0n) is 13.7. The third-order valence-corrected chi connectivity index (χ3v) is 4.33. The van der Waals surface area contributed by atoms with Gasteiger partial charge in [0.25, 0.3) is 5.91 Å². The summed E-state index contributed by atoms with van der Waals surface area (Å²) in [6.45, 7) is 5.70. The Kier molecular flexibility index (Phi) is 4.53. The number of benzene rings is 2. The van der Waals surface area contributed by atoms with Gasteiger partial charge in [-0.15, -0.1) is 0 Å². The molecular formula is C18H18ClNO4. The van der Waals surface area contributed by atoms with Crippen LogP contribution in [-0.4, -0.2) is 18.8 Å². The molecule has 24 heavy (non-hydrogen) atoms. The van der Waals surface area contributed by atoms with Crippen molar-refractivity contribution in [2.75, 3.05) is 12.1 Å². The Morgan fingerprint density at radius 1 is 1.17 bits per heavy atom. The number of nitrogens with one attached hydrogen (secondary N) is 1. The number of fused-ring (bicyclic) bond motifs is 1. The maximum absolute atomic E-state index is 12.3. The van der Waals surface area contributed by atoms with Crippen LogP contribution in [0.25, 0.3) is 0 Å². The predicted octanol–water partition coefficient (Wildman–Crippen LogP) is 4.09. The number of hydrogen-bond acceptors (Lipinski definition) is 4. The van der Waals surface area contributed by atoms with Crippen molar-refractivity contribution in [1.29, 1.82) is 0 Å². The van der Waals surface area contributed by atoms with E-state index in [2.05, 4.69) is 5.32 Å². The van der Waals surface area contributed by atoms with Crippen molar-refractivity contribution in [1.82, 2.24) is 0 Å². The highest BCUT2D eigenvalue weighted by Crippen LogP contribution is 2.34. The molecule has 1 amide bonds. The van der Waals surface area contributed by atoms with Crippen LogP contribution in [0.15, 0.2) is 30.3 Å². The summed E-state index contributed by atoms with van der Waals surface area (Å²) in [5, 5.41) is 3.51. The molecule has 6 heteroatoms. The van der Waals surface area contributed by atoms with Gasteiger partial charge in [0.15, 0.2) is 17.6 Å². The third-order valence-electron chi connectivity index (χ3n) is 3.73. The van der Waals surface area contributed by atoms with Crippen LogP contribution in [0.5, 0.6) is 17.2 Å². The van der Waals surface area contributed by atoms with Crippen molar-refractivity contribution in [3.05, 3.63) is 46.5 Å². The number of aryl methyl sites for hydroxylation is 2. The van der Waals surface area contributed by atoms with Crippen LogP contribution < -0.4 is 19.5 Å². The van der Waals surface area contributed by atoms with Gasteiger partial charge in [-0.05, 0) is 56.2 Å². The molecule has 0 saturated carbocycles. The molecule has 0 saturated heterocycles. The van der Waals surface area contributed by atoms with Crippen LogP contribution in [-0.2, 0) is 4.79 Å². The van der Waals surface area contributed by atoms with Crippen molar-refractivity contribution in [3.8, 4) is 17.2 Å².